The van der Waals surface area contributed by atoms with Gasteiger partial charge in [0, 0.05) is 17.6 Å². The zero-order valence-corrected chi connectivity index (χ0v) is 14.8. The van der Waals surface area contributed by atoms with Crippen molar-refractivity contribution in [3.05, 3.63) is 28.5 Å². The Bertz CT molecular complexity index is 561. The predicted molar refractivity (Wildman–Crippen MR) is 86.8 cm³/mol. The first-order valence-electron chi connectivity index (χ1n) is 6.99. The summed E-state index contributed by atoms with van der Waals surface area (Å²) in [6, 6.07) is 4.29. The maximum Gasteiger partial charge on any atom is 0.407 e. The molecule has 8 heteroatoms. The summed E-state index contributed by atoms with van der Waals surface area (Å²) in [7, 11) is 0. The topological polar surface area (TPSA) is 76.7 Å². The van der Waals surface area contributed by atoms with Crippen molar-refractivity contribution < 1.29 is 23.5 Å². The van der Waals surface area contributed by atoms with Gasteiger partial charge >= 0.3 is 6.09 Å². The minimum absolute atomic E-state index is 0.00442. The van der Waals surface area contributed by atoms with Crippen LogP contribution in [0, 0.1) is 5.82 Å². The van der Waals surface area contributed by atoms with E-state index >= 15 is 0 Å². The molecule has 0 unspecified atom stereocenters. The van der Waals surface area contributed by atoms with Gasteiger partial charge in [-0.05, 0) is 39.0 Å². The Hall–Kier alpha value is -1.83. The van der Waals surface area contributed by atoms with Gasteiger partial charge in [0.2, 0.25) is 0 Å². The molecule has 0 saturated heterocycles. The van der Waals surface area contributed by atoms with Crippen LogP contribution in [0.2, 0.25) is 0 Å². The van der Waals surface area contributed by atoms with Crippen LogP contribution in [0.25, 0.3) is 0 Å². The van der Waals surface area contributed by atoms with E-state index in [4.69, 9.17) is 9.47 Å². The van der Waals surface area contributed by atoms with Crippen molar-refractivity contribution in [1.29, 1.82) is 0 Å². The average molecular weight is 391 g/mol. The molecule has 1 aromatic carbocycles. The molecule has 0 aliphatic rings. The van der Waals surface area contributed by atoms with E-state index < -0.39 is 23.4 Å². The van der Waals surface area contributed by atoms with Crippen molar-refractivity contribution >= 4 is 27.9 Å². The number of nitrogens with one attached hydrogen (secondary N) is 2. The molecule has 0 aliphatic heterocycles. The smallest absolute Gasteiger partial charge is 0.407 e. The van der Waals surface area contributed by atoms with Crippen molar-refractivity contribution in [3.63, 3.8) is 0 Å². The predicted octanol–water partition coefficient (Wildman–Crippen LogP) is 2.61. The molecule has 0 bridgehead atoms. The molecule has 23 heavy (non-hydrogen) atoms. The number of hydrogen-bond donors (Lipinski definition) is 2. The van der Waals surface area contributed by atoms with E-state index in [1.165, 1.54) is 12.1 Å². The molecule has 0 aliphatic carbocycles. The SMILES string of the molecule is CC(C)(C)OC(=O)NCCNC(=O)COc1ccc(Br)cc1F. The summed E-state index contributed by atoms with van der Waals surface area (Å²) in [6.07, 6.45) is -0.556. The fourth-order valence-corrected chi connectivity index (χ4v) is 1.80. The van der Waals surface area contributed by atoms with E-state index in [0.717, 1.165) is 0 Å². The molecular formula is C15H20BrFN2O4. The Morgan fingerprint density at radius 1 is 1.22 bits per heavy atom. The van der Waals surface area contributed by atoms with Crippen molar-refractivity contribution in [2.75, 3.05) is 19.7 Å². The zero-order valence-electron chi connectivity index (χ0n) is 13.2. The molecule has 0 aromatic heterocycles. The fraction of sp³-hybridized carbons (Fsp3) is 0.467. The van der Waals surface area contributed by atoms with E-state index in [-0.39, 0.29) is 25.4 Å². The molecule has 0 saturated carbocycles. The third-order valence-corrected chi connectivity index (χ3v) is 2.86. The molecule has 0 atom stereocenters. The van der Waals surface area contributed by atoms with Crippen LogP contribution < -0.4 is 15.4 Å². The van der Waals surface area contributed by atoms with Gasteiger partial charge in [-0.3, -0.25) is 4.79 Å². The highest BCUT2D eigenvalue weighted by atomic mass is 79.9. The van der Waals surface area contributed by atoms with Gasteiger partial charge in [-0.1, -0.05) is 15.9 Å². The monoisotopic (exact) mass is 390 g/mol. The Kier molecular flexibility index (Phi) is 7.28. The lowest BCUT2D eigenvalue weighted by Crippen LogP contribution is -2.39. The zero-order chi connectivity index (χ0) is 17.5. The van der Waals surface area contributed by atoms with E-state index in [0.29, 0.717) is 4.47 Å². The van der Waals surface area contributed by atoms with Crippen LogP contribution >= 0.6 is 15.9 Å². The number of benzene rings is 1. The molecule has 2 amide bonds. The van der Waals surface area contributed by atoms with Gasteiger partial charge in [0.25, 0.3) is 5.91 Å². The highest BCUT2D eigenvalue weighted by Crippen LogP contribution is 2.21. The van der Waals surface area contributed by atoms with E-state index in [2.05, 4.69) is 26.6 Å². The van der Waals surface area contributed by atoms with Crippen LogP contribution in [-0.2, 0) is 9.53 Å². The Labute approximate surface area is 142 Å². The standard InChI is InChI=1S/C15H20BrFN2O4/c1-15(2,3)23-14(21)19-7-6-18-13(20)9-22-12-5-4-10(16)8-11(12)17/h4-5,8H,6-7,9H2,1-3H3,(H,18,20)(H,19,21). The summed E-state index contributed by atoms with van der Waals surface area (Å²) >= 11 is 3.13. The van der Waals surface area contributed by atoms with E-state index in [1.54, 1.807) is 26.8 Å². The number of alkyl carbamates (subject to hydrolysis) is 1. The molecule has 6 nitrogen and oxygen atoms in total. The second-order valence-electron chi connectivity index (χ2n) is 5.64. The largest absolute Gasteiger partial charge is 0.481 e. The first kappa shape index (κ1) is 19.2. The lowest BCUT2D eigenvalue weighted by molar-refractivity contribution is -0.123. The second kappa shape index (κ2) is 8.71. The number of ether oxygens (including phenoxy) is 2. The first-order chi connectivity index (χ1) is 10.7. The van der Waals surface area contributed by atoms with Crippen LogP contribution in [0.5, 0.6) is 5.75 Å². The molecule has 0 radical (unpaired) electrons. The lowest BCUT2D eigenvalue weighted by atomic mass is 10.2. The number of hydrogen-bond acceptors (Lipinski definition) is 4. The number of amides is 2. The fourth-order valence-electron chi connectivity index (χ4n) is 1.47. The minimum Gasteiger partial charge on any atom is -0.481 e. The minimum atomic E-state index is -0.573. The Morgan fingerprint density at radius 2 is 1.87 bits per heavy atom. The third kappa shape index (κ3) is 8.39. The summed E-state index contributed by atoms with van der Waals surface area (Å²) in [6.45, 7) is 5.38. The molecule has 0 spiro atoms. The van der Waals surface area contributed by atoms with Gasteiger partial charge in [-0.2, -0.15) is 0 Å². The number of carbonyl (C=O) groups is 2. The Morgan fingerprint density at radius 3 is 2.48 bits per heavy atom. The number of halogens is 2. The van der Waals surface area contributed by atoms with E-state index in [1.807, 2.05) is 0 Å². The third-order valence-electron chi connectivity index (χ3n) is 2.37. The van der Waals surface area contributed by atoms with Crippen LogP contribution in [-0.4, -0.2) is 37.3 Å². The molecule has 0 heterocycles. The molecule has 2 N–H and O–H groups in total. The van der Waals surface area contributed by atoms with Crippen molar-refractivity contribution in [2.45, 2.75) is 26.4 Å². The average Bonchev–Trinajstić information content (AvgIpc) is 2.40. The summed E-state index contributed by atoms with van der Waals surface area (Å²) < 4.78 is 24.2. The maximum atomic E-state index is 13.5. The van der Waals surface area contributed by atoms with Crippen LogP contribution in [0.4, 0.5) is 9.18 Å². The van der Waals surface area contributed by atoms with Gasteiger partial charge in [0.15, 0.2) is 18.2 Å². The summed E-state index contributed by atoms with van der Waals surface area (Å²) in [4.78, 5) is 22.9. The van der Waals surface area contributed by atoms with E-state index in [9.17, 15) is 14.0 Å². The molecular weight excluding hydrogens is 371 g/mol. The van der Waals surface area contributed by atoms with Gasteiger partial charge in [0.05, 0.1) is 0 Å². The highest BCUT2D eigenvalue weighted by Gasteiger charge is 2.15. The number of rotatable bonds is 6. The number of carbonyl (C=O) groups excluding carboxylic acids is 2. The van der Waals surface area contributed by atoms with Gasteiger partial charge < -0.3 is 20.1 Å². The normalized spacial score (nSPS) is 10.8. The van der Waals surface area contributed by atoms with Gasteiger partial charge in [-0.15, -0.1) is 0 Å². The van der Waals surface area contributed by atoms with Crippen molar-refractivity contribution in [1.82, 2.24) is 10.6 Å². The molecule has 1 rings (SSSR count). The molecule has 0 fully saturated rings. The van der Waals surface area contributed by atoms with Crippen LogP contribution in [0.15, 0.2) is 22.7 Å². The van der Waals surface area contributed by atoms with Crippen molar-refractivity contribution in [3.8, 4) is 5.75 Å². The molecule has 1 aromatic rings. The summed E-state index contributed by atoms with van der Waals surface area (Å²) in [5.74, 6) is -0.979. The summed E-state index contributed by atoms with van der Waals surface area (Å²) in [5, 5.41) is 5.04. The second-order valence-corrected chi connectivity index (χ2v) is 6.56. The lowest BCUT2D eigenvalue weighted by Gasteiger charge is -2.19. The van der Waals surface area contributed by atoms with Crippen molar-refractivity contribution in [2.24, 2.45) is 0 Å². The van der Waals surface area contributed by atoms with Gasteiger partial charge in [-0.25, -0.2) is 9.18 Å². The van der Waals surface area contributed by atoms with Crippen LogP contribution in [0.1, 0.15) is 20.8 Å². The van der Waals surface area contributed by atoms with Crippen LogP contribution in [0.3, 0.4) is 0 Å². The quantitative estimate of drug-likeness (QED) is 0.731. The Balaban J connectivity index is 2.21. The first-order valence-corrected chi connectivity index (χ1v) is 7.78. The molecule has 128 valence electrons. The summed E-state index contributed by atoms with van der Waals surface area (Å²) in [5.41, 5.74) is -0.573. The maximum absolute atomic E-state index is 13.5. The van der Waals surface area contributed by atoms with Gasteiger partial charge in [0.1, 0.15) is 5.60 Å². The highest BCUT2D eigenvalue weighted by molar-refractivity contribution is 9.10.